The average Bonchev–Trinajstić information content (AvgIpc) is 2.37. The van der Waals surface area contributed by atoms with E-state index in [1.54, 1.807) is 7.11 Å². The molecule has 0 aliphatic heterocycles. The maximum absolute atomic E-state index is 11.0. The van der Waals surface area contributed by atoms with Crippen molar-refractivity contribution >= 4 is 5.97 Å². The van der Waals surface area contributed by atoms with E-state index in [2.05, 4.69) is 14.6 Å². The van der Waals surface area contributed by atoms with E-state index in [0.717, 1.165) is 36.6 Å². The molecule has 0 aliphatic carbocycles. The minimum absolute atomic E-state index is 0.163. The van der Waals surface area contributed by atoms with E-state index in [0.29, 0.717) is 6.42 Å². The van der Waals surface area contributed by atoms with E-state index >= 15 is 0 Å². The van der Waals surface area contributed by atoms with E-state index in [4.69, 9.17) is 4.74 Å². The van der Waals surface area contributed by atoms with Crippen LogP contribution in [0.1, 0.15) is 24.2 Å². The monoisotopic (exact) mass is 266 g/mol. The molecule has 0 spiro atoms. The summed E-state index contributed by atoms with van der Waals surface area (Å²) in [4.78, 5) is 17.6. The number of rotatable bonds is 7. The standard InChI is InChI=1S/C14H22N2O3/c1-11-8-13(18-3)9-12(15-11)10-16(2)7-5-6-14(17)19-4/h8-9H,5-7,10H2,1-4H3. The van der Waals surface area contributed by atoms with Gasteiger partial charge < -0.3 is 14.4 Å². The molecule has 0 atom stereocenters. The quantitative estimate of drug-likeness (QED) is 0.704. The minimum atomic E-state index is -0.163. The molecule has 0 radical (unpaired) electrons. The lowest BCUT2D eigenvalue weighted by molar-refractivity contribution is -0.140. The normalized spacial score (nSPS) is 10.6. The number of aromatic nitrogens is 1. The number of ether oxygens (including phenoxy) is 2. The lowest BCUT2D eigenvalue weighted by atomic mass is 10.2. The molecule has 1 heterocycles. The zero-order valence-corrected chi connectivity index (χ0v) is 12.1. The first-order chi connectivity index (χ1) is 9.05. The van der Waals surface area contributed by atoms with Crippen molar-refractivity contribution in [1.82, 2.24) is 9.88 Å². The molecule has 0 amide bonds. The van der Waals surface area contributed by atoms with Crippen molar-refractivity contribution in [2.45, 2.75) is 26.3 Å². The number of hydrogen-bond donors (Lipinski definition) is 0. The second-order valence-corrected chi connectivity index (χ2v) is 4.56. The Labute approximate surface area is 114 Å². The highest BCUT2D eigenvalue weighted by Gasteiger charge is 2.06. The van der Waals surface area contributed by atoms with E-state index < -0.39 is 0 Å². The van der Waals surface area contributed by atoms with Crippen molar-refractivity contribution < 1.29 is 14.3 Å². The molecule has 0 unspecified atom stereocenters. The molecule has 5 nitrogen and oxygen atoms in total. The van der Waals surface area contributed by atoms with Gasteiger partial charge in [-0.3, -0.25) is 9.78 Å². The number of esters is 1. The van der Waals surface area contributed by atoms with E-state index in [-0.39, 0.29) is 5.97 Å². The molecule has 5 heteroatoms. The molecule has 106 valence electrons. The fourth-order valence-corrected chi connectivity index (χ4v) is 1.85. The largest absolute Gasteiger partial charge is 0.497 e. The Hall–Kier alpha value is -1.62. The summed E-state index contributed by atoms with van der Waals surface area (Å²) in [6, 6.07) is 3.84. The summed E-state index contributed by atoms with van der Waals surface area (Å²) in [5.41, 5.74) is 1.91. The van der Waals surface area contributed by atoms with Crippen LogP contribution in [0.4, 0.5) is 0 Å². The number of nitrogens with zero attached hydrogens (tertiary/aromatic N) is 2. The smallest absolute Gasteiger partial charge is 0.305 e. The highest BCUT2D eigenvalue weighted by molar-refractivity contribution is 5.69. The van der Waals surface area contributed by atoms with E-state index in [1.165, 1.54) is 7.11 Å². The molecular weight excluding hydrogens is 244 g/mol. The Morgan fingerprint density at radius 2 is 2.11 bits per heavy atom. The van der Waals surface area contributed by atoms with Gasteiger partial charge in [-0.15, -0.1) is 0 Å². The van der Waals surface area contributed by atoms with Crippen LogP contribution in [0.15, 0.2) is 12.1 Å². The first kappa shape index (κ1) is 15.4. The summed E-state index contributed by atoms with van der Waals surface area (Å²) in [6.07, 6.45) is 1.23. The molecule has 1 aromatic rings. The SMILES string of the molecule is COC(=O)CCCN(C)Cc1cc(OC)cc(C)n1. The second-order valence-electron chi connectivity index (χ2n) is 4.56. The van der Waals surface area contributed by atoms with Crippen LogP contribution in [0, 0.1) is 6.92 Å². The van der Waals surface area contributed by atoms with E-state index in [1.807, 2.05) is 26.1 Å². The van der Waals surface area contributed by atoms with Gasteiger partial charge in [-0.05, 0) is 26.9 Å². The zero-order chi connectivity index (χ0) is 14.3. The summed E-state index contributed by atoms with van der Waals surface area (Å²) in [5, 5.41) is 0. The van der Waals surface area contributed by atoms with Crippen molar-refractivity contribution in [1.29, 1.82) is 0 Å². The maximum atomic E-state index is 11.0. The van der Waals surface area contributed by atoms with Crippen molar-refractivity contribution in [3.8, 4) is 5.75 Å². The van der Waals surface area contributed by atoms with Gasteiger partial charge in [-0.25, -0.2) is 0 Å². The van der Waals surface area contributed by atoms with E-state index in [9.17, 15) is 4.79 Å². The zero-order valence-electron chi connectivity index (χ0n) is 12.1. The summed E-state index contributed by atoms with van der Waals surface area (Å²) in [6.45, 7) is 3.51. The Bertz CT molecular complexity index is 421. The van der Waals surface area contributed by atoms with Crippen molar-refractivity contribution in [2.24, 2.45) is 0 Å². The van der Waals surface area contributed by atoms with Crippen molar-refractivity contribution in [3.63, 3.8) is 0 Å². The van der Waals surface area contributed by atoms with Crippen molar-refractivity contribution in [3.05, 3.63) is 23.5 Å². The summed E-state index contributed by atoms with van der Waals surface area (Å²) >= 11 is 0. The predicted octanol–water partition coefficient (Wildman–Crippen LogP) is 1.78. The van der Waals surface area contributed by atoms with Gasteiger partial charge in [-0.1, -0.05) is 0 Å². The van der Waals surface area contributed by atoms with Gasteiger partial charge in [0.05, 0.1) is 19.9 Å². The average molecular weight is 266 g/mol. The van der Waals surface area contributed by atoms with Gasteiger partial charge in [0.15, 0.2) is 0 Å². The number of methoxy groups -OCH3 is 2. The van der Waals surface area contributed by atoms with Gasteiger partial charge in [-0.2, -0.15) is 0 Å². The summed E-state index contributed by atoms with van der Waals surface area (Å²) in [5.74, 6) is 0.661. The first-order valence-corrected chi connectivity index (χ1v) is 6.32. The van der Waals surface area contributed by atoms with Gasteiger partial charge in [0.1, 0.15) is 5.75 Å². The first-order valence-electron chi connectivity index (χ1n) is 6.32. The van der Waals surface area contributed by atoms with Crippen LogP contribution in [-0.4, -0.2) is 43.7 Å². The third-order valence-electron chi connectivity index (χ3n) is 2.80. The predicted molar refractivity (Wildman–Crippen MR) is 73.1 cm³/mol. The summed E-state index contributed by atoms with van der Waals surface area (Å²) in [7, 11) is 5.07. The van der Waals surface area contributed by atoms with Gasteiger partial charge in [0.25, 0.3) is 0 Å². The fourth-order valence-electron chi connectivity index (χ4n) is 1.85. The number of aryl methyl sites for hydroxylation is 1. The molecular formula is C14H22N2O3. The van der Waals surface area contributed by atoms with Crippen LogP contribution in [-0.2, 0) is 16.1 Å². The summed E-state index contributed by atoms with van der Waals surface area (Å²) < 4.78 is 9.83. The molecule has 0 bridgehead atoms. The Balaban J connectivity index is 2.45. The van der Waals surface area contributed by atoms with Crippen LogP contribution < -0.4 is 4.74 Å². The highest BCUT2D eigenvalue weighted by atomic mass is 16.5. The molecule has 0 saturated carbocycles. The van der Waals surface area contributed by atoms with Crippen LogP contribution in [0.3, 0.4) is 0 Å². The molecule has 0 N–H and O–H groups in total. The van der Waals surface area contributed by atoms with Crippen LogP contribution in [0.25, 0.3) is 0 Å². The van der Waals surface area contributed by atoms with Gasteiger partial charge >= 0.3 is 5.97 Å². The Morgan fingerprint density at radius 3 is 2.74 bits per heavy atom. The number of carbonyl (C=O) groups excluding carboxylic acids is 1. The molecule has 19 heavy (non-hydrogen) atoms. The second kappa shape index (κ2) is 7.74. The minimum Gasteiger partial charge on any atom is -0.497 e. The number of pyridine rings is 1. The van der Waals surface area contributed by atoms with Crippen LogP contribution in [0.5, 0.6) is 5.75 Å². The molecule has 0 aliphatic rings. The fraction of sp³-hybridized carbons (Fsp3) is 0.571. The lowest BCUT2D eigenvalue weighted by Crippen LogP contribution is -2.20. The van der Waals surface area contributed by atoms with Crippen molar-refractivity contribution in [2.75, 3.05) is 27.8 Å². The molecule has 1 aromatic heterocycles. The molecule has 0 aromatic carbocycles. The molecule has 0 fully saturated rings. The van der Waals surface area contributed by atoms with Crippen LogP contribution >= 0.6 is 0 Å². The highest BCUT2D eigenvalue weighted by Crippen LogP contribution is 2.14. The molecule has 0 saturated heterocycles. The number of hydrogen-bond acceptors (Lipinski definition) is 5. The third-order valence-corrected chi connectivity index (χ3v) is 2.80. The topological polar surface area (TPSA) is 51.7 Å². The van der Waals surface area contributed by atoms with Gasteiger partial charge in [0, 0.05) is 30.8 Å². The lowest BCUT2D eigenvalue weighted by Gasteiger charge is -2.16. The number of carbonyl (C=O) groups is 1. The molecule has 1 rings (SSSR count). The van der Waals surface area contributed by atoms with Gasteiger partial charge in [0.2, 0.25) is 0 Å². The Kier molecular flexibility index (Phi) is 6.29. The maximum Gasteiger partial charge on any atom is 0.305 e. The Morgan fingerprint density at radius 1 is 1.37 bits per heavy atom. The van der Waals surface area contributed by atoms with Crippen LogP contribution in [0.2, 0.25) is 0 Å². The third kappa shape index (κ3) is 5.70.